The quantitative estimate of drug-likeness (QED) is 0.941. The minimum absolute atomic E-state index is 0.0757. The molecule has 0 saturated heterocycles. The Hall–Kier alpha value is -1.19. The Morgan fingerprint density at radius 3 is 2.59 bits per heavy atom. The van der Waals surface area contributed by atoms with E-state index in [0.29, 0.717) is 0 Å². The molecule has 0 fully saturated rings. The monoisotopic (exact) mass is 290 g/mol. The second kappa shape index (κ2) is 5.43. The van der Waals surface area contributed by atoms with Crippen molar-refractivity contribution in [3.05, 3.63) is 63.9 Å². The van der Waals surface area contributed by atoms with E-state index in [1.807, 2.05) is 12.1 Å². The van der Waals surface area contributed by atoms with Gasteiger partial charge >= 0.3 is 0 Å². The van der Waals surface area contributed by atoms with Gasteiger partial charge in [-0.3, -0.25) is 4.98 Å². The van der Waals surface area contributed by atoms with Crippen LogP contribution in [-0.2, 0) is 6.42 Å². The number of nitrogens with two attached hydrogens (primary N) is 1. The molecule has 0 amide bonds. The molecule has 1 atom stereocenters. The summed E-state index contributed by atoms with van der Waals surface area (Å²) in [5.74, 6) is 0. The molecule has 1 aromatic heterocycles. The Labute approximate surface area is 110 Å². The number of benzene rings is 1. The molecular weight excluding hydrogens is 276 g/mol. The van der Waals surface area contributed by atoms with Crippen LogP contribution >= 0.6 is 15.9 Å². The van der Waals surface area contributed by atoms with Crippen molar-refractivity contribution >= 4 is 15.9 Å². The van der Waals surface area contributed by atoms with Gasteiger partial charge in [0.1, 0.15) is 0 Å². The molecule has 0 spiro atoms. The summed E-state index contributed by atoms with van der Waals surface area (Å²) >= 11 is 3.48. The van der Waals surface area contributed by atoms with E-state index in [0.717, 1.165) is 16.6 Å². The van der Waals surface area contributed by atoms with E-state index in [2.05, 4.69) is 52.1 Å². The summed E-state index contributed by atoms with van der Waals surface area (Å²) in [5, 5.41) is 0. The van der Waals surface area contributed by atoms with Gasteiger partial charge in [0.15, 0.2) is 0 Å². The summed E-state index contributed by atoms with van der Waals surface area (Å²) in [6, 6.07) is 12.2. The molecule has 2 N–H and O–H groups in total. The van der Waals surface area contributed by atoms with Crippen LogP contribution in [0.2, 0.25) is 0 Å². The number of aromatic nitrogens is 1. The van der Waals surface area contributed by atoms with Crippen LogP contribution in [-0.4, -0.2) is 4.98 Å². The minimum Gasteiger partial charge on any atom is -0.322 e. The Balaban J connectivity index is 2.14. The van der Waals surface area contributed by atoms with Crippen molar-refractivity contribution in [3.8, 4) is 0 Å². The lowest BCUT2D eigenvalue weighted by molar-refractivity contribution is 0.692. The lowest BCUT2D eigenvalue weighted by atomic mass is 10.0. The highest BCUT2D eigenvalue weighted by molar-refractivity contribution is 9.10. The van der Waals surface area contributed by atoms with Crippen molar-refractivity contribution < 1.29 is 0 Å². The Kier molecular flexibility index (Phi) is 3.92. The maximum absolute atomic E-state index is 6.17. The highest BCUT2D eigenvalue weighted by Gasteiger charge is 2.11. The Bertz CT molecular complexity index is 494. The van der Waals surface area contributed by atoms with Gasteiger partial charge in [-0.2, -0.15) is 0 Å². The van der Waals surface area contributed by atoms with Crippen LogP contribution in [0.1, 0.15) is 22.9 Å². The molecule has 1 heterocycles. The number of nitrogens with zero attached hydrogens (tertiary/aromatic N) is 1. The van der Waals surface area contributed by atoms with Crippen molar-refractivity contribution in [1.29, 1.82) is 0 Å². The van der Waals surface area contributed by atoms with Crippen molar-refractivity contribution in [1.82, 2.24) is 4.98 Å². The van der Waals surface area contributed by atoms with Crippen LogP contribution in [0, 0.1) is 6.92 Å². The van der Waals surface area contributed by atoms with E-state index in [9.17, 15) is 0 Å². The van der Waals surface area contributed by atoms with Gasteiger partial charge in [-0.25, -0.2) is 0 Å². The van der Waals surface area contributed by atoms with Crippen LogP contribution in [0.3, 0.4) is 0 Å². The molecule has 2 nitrogen and oxygen atoms in total. The first-order chi connectivity index (χ1) is 8.16. The maximum Gasteiger partial charge on any atom is 0.0716 e. The summed E-state index contributed by atoms with van der Waals surface area (Å²) in [6.07, 6.45) is 2.57. The summed E-state index contributed by atoms with van der Waals surface area (Å²) in [4.78, 5) is 4.32. The van der Waals surface area contributed by atoms with E-state index in [4.69, 9.17) is 5.73 Å². The van der Waals surface area contributed by atoms with Crippen LogP contribution in [0.4, 0.5) is 0 Å². The van der Waals surface area contributed by atoms with Crippen molar-refractivity contribution in [2.75, 3.05) is 0 Å². The van der Waals surface area contributed by atoms with Crippen LogP contribution in [0.25, 0.3) is 0 Å². The van der Waals surface area contributed by atoms with Crippen molar-refractivity contribution in [2.45, 2.75) is 19.4 Å². The SMILES string of the molecule is Cc1ccc(CC(N)c2ncccc2Br)cc1. The lowest BCUT2D eigenvalue weighted by Crippen LogP contribution is -2.15. The molecule has 1 aromatic carbocycles. The zero-order chi connectivity index (χ0) is 12.3. The fourth-order valence-corrected chi connectivity index (χ4v) is 2.29. The normalized spacial score (nSPS) is 12.4. The van der Waals surface area contributed by atoms with Gasteiger partial charge in [0, 0.05) is 10.7 Å². The molecule has 2 aromatic rings. The number of rotatable bonds is 3. The average molecular weight is 291 g/mol. The molecule has 0 radical (unpaired) electrons. The third-order valence-corrected chi connectivity index (χ3v) is 3.38. The molecule has 3 heteroatoms. The van der Waals surface area contributed by atoms with E-state index in [-0.39, 0.29) is 6.04 Å². The smallest absolute Gasteiger partial charge is 0.0716 e. The van der Waals surface area contributed by atoms with Gasteiger partial charge < -0.3 is 5.73 Å². The lowest BCUT2D eigenvalue weighted by Gasteiger charge is -2.12. The standard InChI is InChI=1S/C14H15BrN2/c1-10-4-6-11(7-5-10)9-13(16)14-12(15)3-2-8-17-14/h2-8,13H,9,16H2,1H3. The second-order valence-corrected chi connectivity index (χ2v) is 5.02. The zero-order valence-corrected chi connectivity index (χ0v) is 11.3. The number of aryl methyl sites for hydroxylation is 1. The van der Waals surface area contributed by atoms with E-state index < -0.39 is 0 Å². The topological polar surface area (TPSA) is 38.9 Å². The molecule has 1 unspecified atom stereocenters. The van der Waals surface area contributed by atoms with E-state index >= 15 is 0 Å². The first-order valence-electron chi connectivity index (χ1n) is 5.58. The fraction of sp³-hybridized carbons (Fsp3) is 0.214. The number of hydrogen-bond acceptors (Lipinski definition) is 2. The number of halogens is 1. The fourth-order valence-electron chi connectivity index (χ4n) is 1.75. The van der Waals surface area contributed by atoms with E-state index in [1.165, 1.54) is 11.1 Å². The van der Waals surface area contributed by atoms with Crippen molar-refractivity contribution in [3.63, 3.8) is 0 Å². The summed E-state index contributed by atoms with van der Waals surface area (Å²) < 4.78 is 0.972. The van der Waals surface area contributed by atoms with Crippen LogP contribution in [0.5, 0.6) is 0 Å². The Morgan fingerprint density at radius 1 is 1.24 bits per heavy atom. The molecular formula is C14H15BrN2. The number of hydrogen-bond donors (Lipinski definition) is 1. The molecule has 0 aliphatic rings. The van der Waals surface area contributed by atoms with Gasteiger partial charge in [-0.05, 0) is 47.0 Å². The molecule has 2 rings (SSSR count). The average Bonchev–Trinajstić information content (AvgIpc) is 2.32. The summed E-state index contributed by atoms with van der Waals surface area (Å²) in [5.41, 5.74) is 9.59. The molecule has 0 aliphatic carbocycles. The van der Waals surface area contributed by atoms with Gasteiger partial charge in [-0.15, -0.1) is 0 Å². The van der Waals surface area contributed by atoms with Crippen LogP contribution < -0.4 is 5.73 Å². The first-order valence-corrected chi connectivity index (χ1v) is 6.37. The first kappa shape index (κ1) is 12.3. The van der Waals surface area contributed by atoms with Crippen molar-refractivity contribution in [2.24, 2.45) is 5.73 Å². The van der Waals surface area contributed by atoms with E-state index in [1.54, 1.807) is 6.20 Å². The van der Waals surface area contributed by atoms with Gasteiger partial charge in [0.25, 0.3) is 0 Å². The van der Waals surface area contributed by atoms with Crippen LogP contribution in [0.15, 0.2) is 47.1 Å². The van der Waals surface area contributed by atoms with Gasteiger partial charge in [0.05, 0.1) is 11.7 Å². The Morgan fingerprint density at radius 2 is 1.94 bits per heavy atom. The summed E-state index contributed by atoms with van der Waals surface area (Å²) in [6.45, 7) is 2.08. The molecule has 0 bridgehead atoms. The van der Waals surface area contributed by atoms with Gasteiger partial charge in [-0.1, -0.05) is 29.8 Å². The third kappa shape index (κ3) is 3.14. The highest BCUT2D eigenvalue weighted by Crippen LogP contribution is 2.22. The molecule has 88 valence electrons. The third-order valence-electron chi connectivity index (χ3n) is 2.71. The zero-order valence-electron chi connectivity index (χ0n) is 9.73. The molecule has 17 heavy (non-hydrogen) atoms. The molecule has 0 saturated carbocycles. The molecule has 0 aliphatic heterocycles. The maximum atomic E-state index is 6.17. The predicted octanol–water partition coefficient (Wildman–Crippen LogP) is 3.40. The highest BCUT2D eigenvalue weighted by atomic mass is 79.9. The second-order valence-electron chi connectivity index (χ2n) is 4.17. The predicted molar refractivity (Wildman–Crippen MR) is 73.7 cm³/mol. The van der Waals surface area contributed by atoms with Gasteiger partial charge in [0.2, 0.25) is 0 Å². The summed E-state index contributed by atoms with van der Waals surface area (Å²) in [7, 11) is 0. The number of pyridine rings is 1. The largest absolute Gasteiger partial charge is 0.322 e. The minimum atomic E-state index is -0.0757.